The zero-order chi connectivity index (χ0) is 11.9. The number of nitrogens with zero attached hydrogens (tertiary/aromatic N) is 1. The number of aryl methyl sites for hydroxylation is 1. The van der Waals surface area contributed by atoms with Crippen molar-refractivity contribution in [2.24, 2.45) is 0 Å². The summed E-state index contributed by atoms with van der Waals surface area (Å²) >= 11 is 7.11. The summed E-state index contributed by atoms with van der Waals surface area (Å²) in [6, 6.07) is 1.52. The van der Waals surface area contributed by atoms with Crippen molar-refractivity contribution in [1.29, 1.82) is 0 Å². The molecule has 0 saturated carbocycles. The summed E-state index contributed by atoms with van der Waals surface area (Å²) in [6.45, 7) is 2.47. The number of rotatable bonds is 2. The maximum Gasteiger partial charge on any atom is 0.341 e. The lowest BCUT2D eigenvalue weighted by atomic mass is 10.2. The van der Waals surface area contributed by atoms with Crippen LogP contribution >= 0.6 is 22.9 Å². The Balaban J connectivity index is 2.93. The summed E-state index contributed by atoms with van der Waals surface area (Å²) in [5.74, 6) is -1.21. The summed E-state index contributed by atoms with van der Waals surface area (Å²) < 4.78 is 2.20. The van der Waals surface area contributed by atoms with Crippen LogP contribution in [0.25, 0.3) is 10.2 Å². The molecule has 0 saturated heterocycles. The minimum Gasteiger partial charge on any atom is -0.477 e. The minimum atomic E-state index is -1.21. The molecule has 4 nitrogen and oxygen atoms in total. The number of pyridine rings is 1. The highest BCUT2D eigenvalue weighted by atomic mass is 35.5. The first-order valence-corrected chi connectivity index (χ1v) is 5.79. The number of carbonyl (C=O) groups is 1. The molecular formula is C10H8ClNO3S. The van der Waals surface area contributed by atoms with E-state index in [1.54, 1.807) is 4.57 Å². The number of fused-ring (bicyclic) bond motifs is 1. The number of hydrogen-bond acceptors (Lipinski definition) is 3. The molecule has 1 N–H and O–H groups in total. The van der Waals surface area contributed by atoms with Crippen LogP contribution in [0.15, 0.2) is 17.1 Å². The third kappa shape index (κ3) is 1.62. The Labute approximate surface area is 99.7 Å². The van der Waals surface area contributed by atoms with Crippen LogP contribution in [0.2, 0.25) is 4.34 Å². The fraction of sp³-hybridized carbons (Fsp3) is 0.200. The molecule has 0 fully saturated rings. The third-order valence-corrected chi connectivity index (χ3v) is 3.59. The van der Waals surface area contributed by atoms with Crippen LogP contribution in [0.3, 0.4) is 0 Å². The molecule has 6 heteroatoms. The van der Waals surface area contributed by atoms with E-state index in [-0.39, 0.29) is 5.56 Å². The zero-order valence-electron chi connectivity index (χ0n) is 8.36. The molecule has 2 heterocycles. The highest BCUT2D eigenvalue weighted by Crippen LogP contribution is 2.27. The Morgan fingerprint density at radius 2 is 2.31 bits per heavy atom. The van der Waals surface area contributed by atoms with Crippen molar-refractivity contribution in [3.8, 4) is 0 Å². The smallest absolute Gasteiger partial charge is 0.341 e. The van der Waals surface area contributed by atoms with Crippen LogP contribution in [-0.2, 0) is 6.54 Å². The van der Waals surface area contributed by atoms with Crippen molar-refractivity contribution in [2.45, 2.75) is 13.5 Å². The van der Waals surface area contributed by atoms with Crippen LogP contribution in [0.1, 0.15) is 17.3 Å². The third-order valence-electron chi connectivity index (χ3n) is 2.29. The predicted molar refractivity (Wildman–Crippen MR) is 63.7 cm³/mol. The van der Waals surface area contributed by atoms with Gasteiger partial charge in [0.1, 0.15) is 10.4 Å². The van der Waals surface area contributed by atoms with Crippen molar-refractivity contribution >= 4 is 39.1 Å². The fourth-order valence-corrected chi connectivity index (χ4v) is 2.78. The molecule has 0 aliphatic rings. The minimum absolute atomic E-state index is 0.219. The standard InChI is InChI=1S/C10H8ClNO3S/c1-2-12-4-6(10(14)15)8(13)5-3-7(11)16-9(5)12/h3-4H,2H2,1H3,(H,14,15). The Hall–Kier alpha value is -1.33. The largest absolute Gasteiger partial charge is 0.477 e. The van der Waals surface area contributed by atoms with Gasteiger partial charge in [-0.1, -0.05) is 11.6 Å². The zero-order valence-corrected chi connectivity index (χ0v) is 9.93. The van der Waals surface area contributed by atoms with Gasteiger partial charge in [0.2, 0.25) is 5.43 Å². The van der Waals surface area contributed by atoms with Gasteiger partial charge < -0.3 is 9.67 Å². The van der Waals surface area contributed by atoms with Gasteiger partial charge in [0.15, 0.2) is 0 Å². The van der Waals surface area contributed by atoms with E-state index in [4.69, 9.17) is 16.7 Å². The average Bonchev–Trinajstić information content (AvgIpc) is 2.60. The molecule has 84 valence electrons. The quantitative estimate of drug-likeness (QED) is 0.899. The highest BCUT2D eigenvalue weighted by molar-refractivity contribution is 7.22. The van der Waals surface area contributed by atoms with Crippen molar-refractivity contribution in [3.63, 3.8) is 0 Å². The number of carboxylic acids is 1. The van der Waals surface area contributed by atoms with Crippen LogP contribution < -0.4 is 5.43 Å². The van der Waals surface area contributed by atoms with E-state index < -0.39 is 11.4 Å². The van der Waals surface area contributed by atoms with E-state index in [1.807, 2.05) is 6.92 Å². The van der Waals surface area contributed by atoms with Gasteiger partial charge in [-0.15, -0.1) is 11.3 Å². The number of carboxylic acid groups (broad SMARTS) is 1. The Morgan fingerprint density at radius 1 is 1.62 bits per heavy atom. The summed E-state index contributed by atoms with van der Waals surface area (Å²) in [7, 11) is 0. The molecule has 0 aliphatic heterocycles. The van der Waals surface area contributed by atoms with Crippen LogP contribution in [-0.4, -0.2) is 15.6 Å². The molecule has 0 bridgehead atoms. The Morgan fingerprint density at radius 3 is 2.88 bits per heavy atom. The van der Waals surface area contributed by atoms with Gasteiger partial charge in [-0.2, -0.15) is 0 Å². The molecule has 16 heavy (non-hydrogen) atoms. The summed E-state index contributed by atoms with van der Waals surface area (Å²) in [4.78, 5) is 23.4. The summed E-state index contributed by atoms with van der Waals surface area (Å²) in [6.07, 6.45) is 1.36. The van der Waals surface area contributed by atoms with E-state index in [9.17, 15) is 9.59 Å². The molecule has 0 amide bonds. The summed E-state index contributed by atoms with van der Waals surface area (Å²) in [5.41, 5.74) is -0.695. The summed E-state index contributed by atoms with van der Waals surface area (Å²) in [5, 5.41) is 9.28. The molecule has 0 atom stereocenters. The maximum atomic E-state index is 11.8. The lowest BCUT2D eigenvalue weighted by Crippen LogP contribution is -2.17. The van der Waals surface area contributed by atoms with E-state index in [2.05, 4.69) is 0 Å². The van der Waals surface area contributed by atoms with E-state index >= 15 is 0 Å². The topological polar surface area (TPSA) is 59.3 Å². The van der Waals surface area contributed by atoms with Crippen molar-refractivity contribution in [1.82, 2.24) is 4.57 Å². The van der Waals surface area contributed by atoms with E-state index in [0.717, 1.165) is 0 Å². The van der Waals surface area contributed by atoms with Gasteiger partial charge >= 0.3 is 5.97 Å². The Bertz CT molecular complexity index is 629. The van der Waals surface area contributed by atoms with Crippen molar-refractivity contribution in [2.75, 3.05) is 0 Å². The van der Waals surface area contributed by atoms with Crippen molar-refractivity contribution < 1.29 is 9.90 Å². The van der Waals surface area contributed by atoms with Crippen molar-refractivity contribution in [3.05, 3.63) is 32.4 Å². The second kappa shape index (κ2) is 3.92. The number of hydrogen-bond donors (Lipinski definition) is 1. The van der Waals surface area contributed by atoms with Gasteiger partial charge in [-0.3, -0.25) is 4.79 Å². The molecule has 0 aromatic carbocycles. The monoisotopic (exact) mass is 257 g/mol. The lowest BCUT2D eigenvalue weighted by Gasteiger charge is -2.05. The first-order chi connectivity index (χ1) is 7.54. The van der Waals surface area contributed by atoms with Crippen LogP contribution in [0.5, 0.6) is 0 Å². The normalized spacial score (nSPS) is 10.9. The van der Waals surface area contributed by atoms with E-state index in [0.29, 0.717) is 21.1 Å². The predicted octanol–water partition coefficient (Wildman–Crippen LogP) is 2.43. The molecule has 0 aliphatic carbocycles. The lowest BCUT2D eigenvalue weighted by molar-refractivity contribution is 0.0695. The van der Waals surface area contributed by atoms with Gasteiger partial charge in [0, 0.05) is 12.7 Å². The fourth-order valence-electron chi connectivity index (χ4n) is 1.53. The number of aromatic carboxylic acids is 1. The SMILES string of the molecule is CCn1cc(C(=O)O)c(=O)c2cc(Cl)sc21. The number of halogens is 1. The van der Waals surface area contributed by atoms with Crippen LogP contribution in [0, 0.1) is 0 Å². The van der Waals surface area contributed by atoms with Gasteiger partial charge in [0.05, 0.1) is 9.72 Å². The molecule has 0 radical (unpaired) electrons. The van der Waals surface area contributed by atoms with Gasteiger partial charge in [-0.25, -0.2) is 4.79 Å². The van der Waals surface area contributed by atoms with Gasteiger partial charge in [-0.05, 0) is 13.0 Å². The van der Waals surface area contributed by atoms with E-state index in [1.165, 1.54) is 23.6 Å². The van der Waals surface area contributed by atoms with Gasteiger partial charge in [0.25, 0.3) is 0 Å². The number of thiophene rings is 1. The molecule has 2 aromatic heterocycles. The average molecular weight is 258 g/mol. The first kappa shape index (κ1) is 11.2. The van der Waals surface area contributed by atoms with Crippen LogP contribution in [0.4, 0.5) is 0 Å². The molecule has 0 spiro atoms. The second-order valence-corrected chi connectivity index (χ2v) is 4.89. The second-order valence-electron chi connectivity index (χ2n) is 3.23. The first-order valence-electron chi connectivity index (χ1n) is 4.60. The molecular weight excluding hydrogens is 250 g/mol. The maximum absolute atomic E-state index is 11.8. The Kier molecular flexibility index (Phi) is 2.73. The number of aromatic nitrogens is 1. The molecule has 2 aromatic rings. The molecule has 2 rings (SSSR count). The molecule has 0 unspecified atom stereocenters. The highest BCUT2D eigenvalue weighted by Gasteiger charge is 2.15.